The highest BCUT2D eigenvalue weighted by Crippen LogP contribution is 2.42. The van der Waals surface area contributed by atoms with Gasteiger partial charge in [0.05, 0.1) is 12.9 Å². The van der Waals surface area contributed by atoms with Gasteiger partial charge in [0.2, 0.25) is 0 Å². The van der Waals surface area contributed by atoms with Gasteiger partial charge < -0.3 is 9.47 Å². The molecule has 0 spiro atoms. The van der Waals surface area contributed by atoms with E-state index in [1.807, 2.05) is 6.92 Å². The van der Waals surface area contributed by atoms with Crippen molar-refractivity contribution in [2.75, 3.05) is 7.11 Å². The third-order valence-electron chi connectivity index (χ3n) is 5.58. The molecule has 2 heteroatoms. The van der Waals surface area contributed by atoms with Crippen molar-refractivity contribution in [1.29, 1.82) is 0 Å². The van der Waals surface area contributed by atoms with Crippen LogP contribution in [0.4, 0.5) is 0 Å². The molecule has 0 radical (unpaired) electrons. The highest BCUT2D eigenvalue weighted by molar-refractivity contribution is 5.92. The molecule has 0 saturated heterocycles. The molecule has 0 aromatic heterocycles. The van der Waals surface area contributed by atoms with Crippen molar-refractivity contribution in [3.8, 4) is 11.5 Å². The van der Waals surface area contributed by atoms with Gasteiger partial charge >= 0.3 is 0 Å². The van der Waals surface area contributed by atoms with E-state index < -0.39 is 0 Å². The molecule has 2 nitrogen and oxygen atoms in total. The zero-order valence-electron chi connectivity index (χ0n) is 16.7. The monoisotopic (exact) mass is 352 g/mol. The summed E-state index contributed by atoms with van der Waals surface area (Å²) in [6, 6.07) is 9.00. The Balaban J connectivity index is 2.12. The minimum Gasteiger partial charge on any atom is -0.496 e. The van der Waals surface area contributed by atoms with Crippen LogP contribution in [0.25, 0.3) is 10.8 Å². The lowest BCUT2D eigenvalue weighted by Gasteiger charge is -2.25. The minimum absolute atomic E-state index is 0.625. The second-order valence-electron chi connectivity index (χ2n) is 7.38. The maximum absolute atomic E-state index is 6.28. The van der Waals surface area contributed by atoms with Crippen molar-refractivity contribution < 1.29 is 9.47 Å². The maximum Gasteiger partial charge on any atom is 0.138 e. The third kappa shape index (κ3) is 3.90. The molecule has 0 unspecified atom stereocenters. The summed E-state index contributed by atoms with van der Waals surface area (Å²) in [5, 5.41) is 2.41. The number of benzene rings is 2. The van der Waals surface area contributed by atoms with Crippen molar-refractivity contribution in [2.24, 2.45) is 0 Å². The van der Waals surface area contributed by atoms with E-state index >= 15 is 0 Å². The molecule has 0 N–H and O–H groups in total. The van der Waals surface area contributed by atoms with Gasteiger partial charge in [-0.25, -0.2) is 0 Å². The molecule has 1 fully saturated rings. The van der Waals surface area contributed by atoms with Gasteiger partial charge in [0.1, 0.15) is 11.5 Å². The fourth-order valence-electron chi connectivity index (χ4n) is 4.19. The quantitative estimate of drug-likeness (QED) is 0.514. The summed E-state index contributed by atoms with van der Waals surface area (Å²) in [5.74, 6) is 3.59. The summed E-state index contributed by atoms with van der Waals surface area (Å²) in [7, 11) is 1.79. The Hall–Kier alpha value is -1.96. The van der Waals surface area contributed by atoms with Crippen molar-refractivity contribution >= 4 is 10.8 Å². The van der Waals surface area contributed by atoms with E-state index in [9.17, 15) is 0 Å². The molecule has 0 atom stereocenters. The largest absolute Gasteiger partial charge is 0.496 e. The van der Waals surface area contributed by atoms with Gasteiger partial charge in [-0.2, -0.15) is 0 Å². The standard InChI is InChI=1S/C24H32O2/c1-5-10-17(3)26-24-18(6-2)13-14-20-15-21(19-11-8-7-9-12-19)23(25-4)16-22(20)24/h10,13-16,19H,5-9,11-12H2,1-4H3/b17-10-. The zero-order chi connectivity index (χ0) is 18.5. The number of methoxy groups -OCH3 is 1. The number of hydrogen-bond donors (Lipinski definition) is 0. The lowest BCUT2D eigenvalue weighted by atomic mass is 9.82. The fourth-order valence-corrected chi connectivity index (χ4v) is 4.19. The highest BCUT2D eigenvalue weighted by Gasteiger charge is 2.21. The van der Waals surface area contributed by atoms with Crippen LogP contribution < -0.4 is 9.47 Å². The average molecular weight is 353 g/mol. The topological polar surface area (TPSA) is 18.5 Å². The second-order valence-corrected chi connectivity index (χ2v) is 7.38. The van der Waals surface area contributed by atoms with E-state index in [0.29, 0.717) is 5.92 Å². The van der Waals surface area contributed by atoms with Crippen LogP contribution in [-0.2, 0) is 6.42 Å². The Kier molecular flexibility index (Phi) is 6.24. The van der Waals surface area contributed by atoms with Crippen LogP contribution in [0.15, 0.2) is 36.1 Å². The Morgan fingerprint density at radius 2 is 1.88 bits per heavy atom. The predicted octanol–water partition coefficient (Wildman–Crippen LogP) is 7.15. The van der Waals surface area contributed by atoms with Gasteiger partial charge in [0.15, 0.2) is 0 Å². The number of fused-ring (bicyclic) bond motifs is 1. The molecule has 2 aromatic carbocycles. The lowest BCUT2D eigenvalue weighted by Crippen LogP contribution is -2.06. The van der Waals surface area contributed by atoms with E-state index in [2.05, 4.69) is 44.2 Å². The van der Waals surface area contributed by atoms with Gasteiger partial charge in [0, 0.05) is 5.39 Å². The van der Waals surface area contributed by atoms with Crippen LogP contribution in [0.2, 0.25) is 0 Å². The molecule has 3 rings (SSSR count). The molecular weight excluding hydrogens is 320 g/mol. The van der Waals surface area contributed by atoms with Crippen LogP contribution in [-0.4, -0.2) is 7.11 Å². The number of allylic oxidation sites excluding steroid dienone is 2. The molecule has 0 bridgehead atoms. The van der Waals surface area contributed by atoms with Crippen LogP contribution >= 0.6 is 0 Å². The van der Waals surface area contributed by atoms with Crippen molar-refractivity contribution in [2.45, 2.75) is 71.6 Å². The van der Waals surface area contributed by atoms with Crippen molar-refractivity contribution in [3.63, 3.8) is 0 Å². The summed E-state index contributed by atoms with van der Waals surface area (Å²) < 4.78 is 12.1. The molecule has 1 aliphatic rings. The van der Waals surface area contributed by atoms with Gasteiger partial charge in [-0.1, -0.05) is 45.2 Å². The Bertz CT molecular complexity index is 782. The molecule has 0 heterocycles. The number of aryl methyl sites for hydroxylation is 1. The molecular formula is C24H32O2. The van der Waals surface area contributed by atoms with Gasteiger partial charge in [0.25, 0.3) is 0 Å². The zero-order valence-corrected chi connectivity index (χ0v) is 16.7. The maximum atomic E-state index is 6.28. The predicted molar refractivity (Wildman–Crippen MR) is 110 cm³/mol. The van der Waals surface area contributed by atoms with Crippen LogP contribution in [0, 0.1) is 0 Å². The van der Waals surface area contributed by atoms with Crippen molar-refractivity contribution in [3.05, 3.63) is 47.2 Å². The average Bonchev–Trinajstić information content (AvgIpc) is 2.68. The number of rotatable bonds is 6. The van der Waals surface area contributed by atoms with Crippen LogP contribution in [0.1, 0.15) is 76.3 Å². The molecule has 140 valence electrons. The van der Waals surface area contributed by atoms with Gasteiger partial charge in [-0.05, 0) is 73.2 Å². The smallest absolute Gasteiger partial charge is 0.138 e. The van der Waals surface area contributed by atoms with Gasteiger partial charge in [-0.15, -0.1) is 0 Å². The molecule has 1 aliphatic carbocycles. The van der Waals surface area contributed by atoms with Crippen molar-refractivity contribution in [1.82, 2.24) is 0 Å². The van der Waals surface area contributed by atoms with Crippen LogP contribution in [0.3, 0.4) is 0 Å². The first-order valence-corrected chi connectivity index (χ1v) is 10.2. The number of hydrogen-bond acceptors (Lipinski definition) is 2. The lowest BCUT2D eigenvalue weighted by molar-refractivity contribution is 0.387. The Morgan fingerprint density at radius 1 is 1.12 bits per heavy atom. The molecule has 2 aromatic rings. The fraction of sp³-hybridized carbons (Fsp3) is 0.500. The molecule has 1 saturated carbocycles. The minimum atomic E-state index is 0.625. The summed E-state index contributed by atoms with van der Waals surface area (Å²) in [6.45, 7) is 6.35. The van der Waals surface area contributed by atoms with E-state index in [4.69, 9.17) is 9.47 Å². The number of ether oxygens (including phenoxy) is 2. The Labute approximate surface area is 158 Å². The SMILES string of the molecule is CC/C=C(/C)Oc1c(CC)ccc2cc(C3CCCCC3)c(OC)cc12. The second kappa shape index (κ2) is 8.62. The first kappa shape index (κ1) is 18.8. The first-order chi connectivity index (χ1) is 12.7. The van der Waals surface area contributed by atoms with E-state index in [1.54, 1.807) is 7.11 Å². The van der Waals surface area contributed by atoms with E-state index in [1.165, 1.54) is 48.6 Å². The highest BCUT2D eigenvalue weighted by atomic mass is 16.5. The van der Waals surface area contributed by atoms with Gasteiger partial charge in [-0.3, -0.25) is 0 Å². The molecule has 0 aliphatic heterocycles. The summed E-state index contributed by atoms with van der Waals surface area (Å²) in [5.41, 5.74) is 2.62. The normalized spacial score (nSPS) is 16.1. The van der Waals surface area contributed by atoms with Crippen LogP contribution in [0.5, 0.6) is 11.5 Å². The van der Waals surface area contributed by atoms with E-state index in [0.717, 1.165) is 35.5 Å². The van der Waals surface area contributed by atoms with E-state index in [-0.39, 0.29) is 0 Å². The third-order valence-corrected chi connectivity index (χ3v) is 5.58. The summed E-state index contributed by atoms with van der Waals surface area (Å²) in [4.78, 5) is 0. The molecule has 26 heavy (non-hydrogen) atoms. The Morgan fingerprint density at radius 3 is 2.54 bits per heavy atom. The summed E-state index contributed by atoms with van der Waals surface area (Å²) >= 11 is 0. The first-order valence-electron chi connectivity index (χ1n) is 10.2. The summed E-state index contributed by atoms with van der Waals surface area (Å²) in [6.07, 6.45) is 10.6. The molecule has 0 amide bonds.